The largest absolute Gasteiger partial charge is 0.368 e. The number of aliphatic imine (C=N–C) groups is 1. The van der Waals surface area contributed by atoms with Crippen molar-refractivity contribution in [2.24, 2.45) is 10.7 Å². The van der Waals surface area contributed by atoms with E-state index in [1.165, 1.54) is 0 Å². The summed E-state index contributed by atoms with van der Waals surface area (Å²) in [6.45, 7) is 0. The van der Waals surface area contributed by atoms with E-state index in [-0.39, 0.29) is 12.0 Å². The van der Waals surface area contributed by atoms with Crippen LogP contribution in [0.25, 0.3) is 0 Å². The standard InChI is InChI=1S/C10H10BrN3O/c11-8-6-13-10(12)14(15)9(8)7-4-2-1-3-5-7/h1-6,9,15H,(H2,12,13). The third kappa shape index (κ3) is 1.88. The molecule has 0 bridgehead atoms. The Labute approximate surface area is 95.8 Å². The summed E-state index contributed by atoms with van der Waals surface area (Å²) in [4.78, 5) is 3.83. The van der Waals surface area contributed by atoms with E-state index in [9.17, 15) is 5.21 Å². The molecule has 78 valence electrons. The molecule has 0 saturated heterocycles. The molecule has 0 saturated carbocycles. The molecule has 15 heavy (non-hydrogen) atoms. The summed E-state index contributed by atoms with van der Waals surface area (Å²) in [5.74, 6) is 0.0899. The normalized spacial score (nSPS) is 20.9. The molecule has 1 aromatic carbocycles. The van der Waals surface area contributed by atoms with E-state index in [0.717, 1.165) is 15.1 Å². The van der Waals surface area contributed by atoms with Crippen molar-refractivity contribution in [3.05, 3.63) is 46.6 Å². The first-order valence-electron chi connectivity index (χ1n) is 4.42. The molecule has 0 aliphatic carbocycles. The van der Waals surface area contributed by atoms with E-state index in [1.807, 2.05) is 30.3 Å². The van der Waals surface area contributed by atoms with Crippen LogP contribution in [0.3, 0.4) is 0 Å². The van der Waals surface area contributed by atoms with Crippen molar-refractivity contribution in [3.63, 3.8) is 0 Å². The van der Waals surface area contributed by atoms with Crippen LogP contribution in [0.2, 0.25) is 0 Å². The third-order valence-corrected chi connectivity index (χ3v) is 2.81. The molecule has 1 aliphatic rings. The van der Waals surface area contributed by atoms with Crippen LogP contribution in [0.15, 0.2) is 46.0 Å². The number of hydroxylamine groups is 2. The van der Waals surface area contributed by atoms with Gasteiger partial charge in [-0.15, -0.1) is 0 Å². The van der Waals surface area contributed by atoms with Crippen molar-refractivity contribution in [2.45, 2.75) is 6.04 Å². The molecular formula is C10H10BrN3O. The van der Waals surface area contributed by atoms with Gasteiger partial charge in [0.25, 0.3) is 0 Å². The summed E-state index contributed by atoms with van der Waals surface area (Å²) in [5.41, 5.74) is 6.47. The highest BCUT2D eigenvalue weighted by atomic mass is 79.9. The van der Waals surface area contributed by atoms with Gasteiger partial charge >= 0.3 is 0 Å². The molecule has 3 N–H and O–H groups in total. The molecule has 4 nitrogen and oxygen atoms in total. The predicted octanol–water partition coefficient (Wildman–Crippen LogP) is 1.98. The number of benzene rings is 1. The van der Waals surface area contributed by atoms with Gasteiger partial charge in [-0.25, -0.2) is 10.1 Å². The second-order valence-corrected chi connectivity index (χ2v) is 4.07. The molecular weight excluding hydrogens is 258 g/mol. The molecule has 0 amide bonds. The first-order valence-corrected chi connectivity index (χ1v) is 5.21. The lowest BCUT2D eigenvalue weighted by Crippen LogP contribution is -2.39. The second-order valence-electron chi connectivity index (χ2n) is 3.16. The molecule has 1 atom stereocenters. The van der Waals surface area contributed by atoms with E-state index in [1.54, 1.807) is 6.20 Å². The average Bonchev–Trinajstić information content (AvgIpc) is 2.26. The summed E-state index contributed by atoms with van der Waals surface area (Å²) < 4.78 is 0.769. The molecule has 0 radical (unpaired) electrons. The first kappa shape index (κ1) is 10.2. The first-order chi connectivity index (χ1) is 7.20. The molecule has 2 rings (SSSR count). The Kier molecular flexibility index (Phi) is 2.75. The molecule has 1 unspecified atom stereocenters. The number of halogens is 1. The van der Waals surface area contributed by atoms with Crippen molar-refractivity contribution >= 4 is 21.9 Å². The Morgan fingerprint density at radius 3 is 2.67 bits per heavy atom. The van der Waals surface area contributed by atoms with Gasteiger partial charge < -0.3 is 5.73 Å². The topological polar surface area (TPSA) is 61.8 Å². The minimum atomic E-state index is -0.316. The zero-order valence-electron chi connectivity index (χ0n) is 7.84. The van der Waals surface area contributed by atoms with Crippen LogP contribution < -0.4 is 5.73 Å². The lowest BCUT2D eigenvalue weighted by molar-refractivity contribution is -0.0437. The molecule has 5 heteroatoms. The predicted molar refractivity (Wildman–Crippen MR) is 61.4 cm³/mol. The summed E-state index contributed by atoms with van der Waals surface area (Å²) in [6.07, 6.45) is 1.60. The molecule has 1 heterocycles. The van der Waals surface area contributed by atoms with Gasteiger partial charge in [0.15, 0.2) is 0 Å². The van der Waals surface area contributed by atoms with Crippen LogP contribution in [0.1, 0.15) is 11.6 Å². The Hall–Kier alpha value is -1.33. The number of nitrogens with zero attached hydrogens (tertiary/aromatic N) is 2. The summed E-state index contributed by atoms with van der Waals surface area (Å²) in [7, 11) is 0. The maximum absolute atomic E-state index is 9.77. The van der Waals surface area contributed by atoms with Crippen molar-refractivity contribution in [1.82, 2.24) is 5.06 Å². The zero-order valence-corrected chi connectivity index (χ0v) is 9.42. The van der Waals surface area contributed by atoms with Gasteiger partial charge in [0, 0.05) is 10.7 Å². The van der Waals surface area contributed by atoms with Crippen molar-refractivity contribution in [2.75, 3.05) is 0 Å². The number of hydrogen-bond donors (Lipinski definition) is 2. The Balaban J connectivity index is 2.38. The van der Waals surface area contributed by atoms with Crippen LogP contribution >= 0.6 is 15.9 Å². The highest BCUT2D eigenvalue weighted by Crippen LogP contribution is 2.33. The van der Waals surface area contributed by atoms with E-state index < -0.39 is 0 Å². The van der Waals surface area contributed by atoms with E-state index >= 15 is 0 Å². The third-order valence-electron chi connectivity index (χ3n) is 2.18. The SMILES string of the molecule is NC1=NC=C(Br)C(c2ccccc2)N1O. The fourth-order valence-corrected chi connectivity index (χ4v) is 2.00. The van der Waals surface area contributed by atoms with Crippen molar-refractivity contribution in [3.8, 4) is 0 Å². The monoisotopic (exact) mass is 267 g/mol. The minimum absolute atomic E-state index is 0.0899. The molecule has 0 fully saturated rings. The van der Waals surface area contributed by atoms with Crippen molar-refractivity contribution < 1.29 is 5.21 Å². The van der Waals surface area contributed by atoms with E-state index in [0.29, 0.717) is 0 Å². The zero-order chi connectivity index (χ0) is 10.8. The van der Waals surface area contributed by atoms with Crippen LogP contribution in [0.4, 0.5) is 0 Å². The smallest absolute Gasteiger partial charge is 0.221 e. The fourth-order valence-electron chi connectivity index (χ4n) is 1.44. The lowest BCUT2D eigenvalue weighted by Gasteiger charge is -2.28. The lowest BCUT2D eigenvalue weighted by atomic mass is 10.1. The van der Waals surface area contributed by atoms with E-state index in [4.69, 9.17) is 5.73 Å². The highest BCUT2D eigenvalue weighted by Gasteiger charge is 2.26. The van der Waals surface area contributed by atoms with Gasteiger partial charge in [0.1, 0.15) is 6.04 Å². The van der Waals surface area contributed by atoms with Gasteiger partial charge in [0.2, 0.25) is 5.96 Å². The fraction of sp³-hybridized carbons (Fsp3) is 0.100. The molecule has 0 aromatic heterocycles. The quantitative estimate of drug-likeness (QED) is 0.818. The maximum atomic E-state index is 9.77. The van der Waals surface area contributed by atoms with Gasteiger partial charge in [0.05, 0.1) is 0 Å². The van der Waals surface area contributed by atoms with Gasteiger partial charge in [-0.3, -0.25) is 5.21 Å². The van der Waals surface area contributed by atoms with Crippen LogP contribution in [0, 0.1) is 0 Å². The average molecular weight is 268 g/mol. The maximum Gasteiger partial charge on any atom is 0.221 e. The summed E-state index contributed by atoms with van der Waals surface area (Å²) in [5, 5.41) is 10.7. The number of nitrogens with two attached hydrogens (primary N) is 1. The van der Waals surface area contributed by atoms with E-state index in [2.05, 4.69) is 20.9 Å². The number of rotatable bonds is 1. The van der Waals surface area contributed by atoms with Crippen LogP contribution in [-0.2, 0) is 0 Å². The van der Waals surface area contributed by atoms with Crippen LogP contribution in [0.5, 0.6) is 0 Å². The van der Waals surface area contributed by atoms with Gasteiger partial charge in [-0.2, -0.15) is 0 Å². The molecule has 1 aromatic rings. The minimum Gasteiger partial charge on any atom is -0.368 e. The Bertz CT molecular complexity index is 416. The van der Waals surface area contributed by atoms with Gasteiger partial charge in [-0.05, 0) is 5.56 Å². The molecule has 0 spiro atoms. The Morgan fingerprint density at radius 1 is 1.33 bits per heavy atom. The number of guanidine groups is 1. The van der Waals surface area contributed by atoms with Crippen LogP contribution in [-0.4, -0.2) is 16.2 Å². The Morgan fingerprint density at radius 2 is 2.00 bits per heavy atom. The molecule has 1 aliphatic heterocycles. The summed E-state index contributed by atoms with van der Waals surface area (Å²) >= 11 is 3.36. The highest BCUT2D eigenvalue weighted by molar-refractivity contribution is 9.11. The second kappa shape index (κ2) is 4.04. The number of hydrogen-bond acceptors (Lipinski definition) is 4. The van der Waals surface area contributed by atoms with Gasteiger partial charge in [-0.1, -0.05) is 46.3 Å². The van der Waals surface area contributed by atoms with Crippen molar-refractivity contribution in [1.29, 1.82) is 0 Å². The summed E-state index contributed by atoms with van der Waals surface area (Å²) in [6, 6.07) is 9.26.